The second kappa shape index (κ2) is 8.54. The minimum Gasteiger partial charge on any atom is -0.339 e. The maximum atomic E-state index is 13.4. The Hall–Kier alpha value is -4.39. The summed E-state index contributed by atoms with van der Waals surface area (Å²) in [5.74, 6) is 0.539. The van der Waals surface area contributed by atoms with Crippen LogP contribution in [0.2, 0.25) is 0 Å². The fraction of sp³-hybridized carbons (Fsp3) is 0.143. The van der Waals surface area contributed by atoms with E-state index < -0.39 is 0 Å². The molecular formula is C21H16FN7O2. The molecule has 0 saturated carbocycles. The van der Waals surface area contributed by atoms with Crippen molar-refractivity contribution in [3.8, 4) is 28.8 Å². The normalized spacial score (nSPS) is 10.6. The molecule has 0 saturated heterocycles. The molecule has 0 aliphatic rings. The number of hydrogen-bond donors (Lipinski definition) is 2. The molecule has 4 aromatic rings. The van der Waals surface area contributed by atoms with Crippen molar-refractivity contribution in [1.29, 1.82) is 5.26 Å². The van der Waals surface area contributed by atoms with E-state index >= 15 is 0 Å². The minimum absolute atomic E-state index is 0.0812. The minimum atomic E-state index is -0.325. The van der Waals surface area contributed by atoms with Crippen LogP contribution in [0.15, 0.2) is 47.0 Å². The van der Waals surface area contributed by atoms with Crippen molar-refractivity contribution in [3.63, 3.8) is 0 Å². The first-order valence-corrected chi connectivity index (χ1v) is 9.34. The number of H-pyrrole nitrogens is 1. The van der Waals surface area contributed by atoms with Gasteiger partial charge < -0.3 is 4.52 Å². The molecule has 2 aromatic carbocycles. The van der Waals surface area contributed by atoms with Crippen LogP contribution >= 0.6 is 0 Å². The van der Waals surface area contributed by atoms with Crippen molar-refractivity contribution in [2.24, 2.45) is 0 Å². The molecule has 154 valence electrons. The number of anilines is 1. The molecule has 0 bridgehead atoms. The van der Waals surface area contributed by atoms with Gasteiger partial charge in [-0.2, -0.15) is 15.2 Å². The van der Waals surface area contributed by atoms with Crippen molar-refractivity contribution in [2.45, 2.75) is 19.8 Å². The summed E-state index contributed by atoms with van der Waals surface area (Å²) in [6.45, 7) is 1.65. The van der Waals surface area contributed by atoms with Crippen molar-refractivity contribution in [2.75, 3.05) is 5.32 Å². The number of nitriles is 1. The van der Waals surface area contributed by atoms with Crippen LogP contribution in [0, 0.1) is 24.1 Å². The summed E-state index contributed by atoms with van der Waals surface area (Å²) in [4.78, 5) is 20.7. The number of carbonyl (C=O) groups is 1. The Kier molecular flexibility index (Phi) is 5.49. The smallest absolute Gasteiger partial charge is 0.249 e. The topological polar surface area (TPSA) is 133 Å². The van der Waals surface area contributed by atoms with Crippen molar-refractivity contribution < 1.29 is 13.7 Å². The summed E-state index contributed by atoms with van der Waals surface area (Å²) < 4.78 is 18.6. The Morgan fingerprint density at radius 1 is 1.23 bits per heavy atom. The van der Waals surface area contributed by atoms with Crippen LogP contribution in [0.1, 0.15) is 23.4 Å². The molecule has 1 amide bonds. The highest BCUT2D eigenvalue weighted by atomic mass is 19.1. The van der Waals surface area contributed by atoms with Crippen LogP contribution in [-0.4, -0.2) is 31.2 Å². The van der Waals surface area contributed by atoms with Gasteiger partial charge in [0.1, 0.15) is 5.82 Å². The van der Waals surface area contributed by atoms with E-state index in [1.165, 1.54) is 6.07 Å². The third-order valence-electron chi connectivity index (χ3n) is 4.45. The first kappa shape index (κ1) is 19.9. The van der Waals surface area contributed by atoms with E-state index in [0.717, 1.165) is 0 Å². The number of aromatic amines is 1. The zero-order valence-corrected chi connectivity index (χ0v) is 16.4. The summed E-state index contributed by atoms with van der Waals surface area (Å²) in [5, 5.41) is 22.2. The molecule has 10 heteroatoms. The predicted octanol–water partition coefficient (Wildman–Crippen LogP) is 3.41. The van der Waals surface area contributed by atoms with Gasteiger partial charge in [0.2, 0.25) is 23.6 Å². The fourth-order valence-electron chi connectivity index (χ4n) is 2.85. The van der Waals surface area contributed by atoms with Crippen LogP contribution < -0.4 is 5.32 Å². The van der Waals surface area contributed by atoms with Gasteiger partial charge in [-0.05, 0) is 42.8 Å². The highest BCUT2D eigenvalue weighted by molar-refractivity contribution is 5.89. The van der Waals surface area contributed by atoms with Gasteiger partial charge in [-0.1, -0.05) is 17.3 Å². The zero-order valence-electron chi connectivity index (χ0n) is 16.4. The molecule has 0 spiro atoms. The molecular weight excluding hydrogens is 401 g/mol. The number of benzene rings is 2. The van der Waals surface area contributed by atoms with Crippen LogP contribution in [0.3, 0.4) is 0 Å². The van der Waals surface area contributed by atoms with Gasteiger partial charge in [0.15, 0.2) is 5.82 Å². The van der Waals surface area contributed by atoms with Crippen LogP contribution in [-0.2, 0) is 11.2 Å². The second-order valence-electron chi connectivity index (χ2n) is 6.72. The molecule has 0 atom stereocenters. The van der Waals surface area contributed by atoms with Crippen LogP contribution in [0.5, 0.6) is 0 Å². The number of aryl methyl sites for hydroxylation is 2. The molecule has 0 aliphatic heterocycles. The molecule has 31 heavy (non-hydrogen) atoms. The van der Waals surface area contributed by atoms with E-state index in [-0.39, 0.29) is 36.4 Å². The summed E-state index contributed by atoms with van der Waals surface area (Å²) in [6, 6.07) is 13.5. The summed E-state index contributed by atoms with van der Waals surface area (Å²) in [5.41, 5.74) is 2.29. The van der Waals surface area contributed by atoms with Gasteiger partial charge in [-0.25, -0.2) is 4.39 Å². The Labute approximate surface area is 175 Å². The van der Waals surface area contributed by atoms with E-state index in [2.05, 4.69) is 36.7 Å². The molecule has 2 heterocycles. The van der Waals surface area contributed by atoms with Gasteiger partial charge in [-0.15, -0.1) is 5.10 Å². The number of amides is 1. The van der Waals surface area contributed by atoms with E-state index in [0.29, 0.717) is 33.9 Å². The Morgan fingerprint density at radius 2 is 2.10 bits per heavy atom. The van der Waals surface area contributed by atoms with E-state index in [1.54, 1.807) is 43.3 Å². The standard InChI is InChI=1S/C21H16FN7O2/c1-12-9-15(5-6-16(12)22)20-25-18(31-29-20)8-7-17(30)24-21-26-19(27-28-21)14-4-2-3-13(10-14)11-23/h2-6,9-10H,7-8H2,1H3,(H2,24,26,27,28,30). The average Bonchev–Trinajstić information content (AvgIpc) is 3.44. The Bertz CT molecular complexity index is 1290. The van der Waals surface area contributed by atoms with Crippen LogP contribution in [0.4, 0.5) is 10.3 Å². The van der Waals surface area contributed by atoms with Crippen molar-refractivity contribution in [1.82, 2.24) is 25.3 Å². The number of aromatic nitrogens is 5. The third-order valence-corrected chi connectivity index (χ3v) is 4.45. The highest BCUT2D eigenvalue weighted by Gasteiger charge is 2.14. The summed E-state index contributed by atoms with van der Waals surface area (Å²) in [6.07, 6.45) is 0.304. The van der Waals surface area contributed by atoms with Crippen LogP contribution in [0.25, 0.3) is 22.8 Å². The Morgan fingerprint density at radius 3 is 2.90 bits per heavy atom. The molecule has 4 rings (SSSR count). The molecule has 0 unspecified atom stereocenters. The largest absolute Gasteiger partial charge is 0.339 e. The molecule has 2 aromatic heterocycles. The monoisotopic (exact) mass is 417 g/mol. The van der Waals surface area contributed by atoms with E-state index in [4.69, 9.17) is 9.78 Å². The third kappa shape index (κ3) is 4.62. The molecule has 9 nitrogen and oxygen atoms in total. The van der Waals surface area contributed by atoms with Gasteiger partial charge >= 0.3 is 0 Å². The number of nitrogens with one attached hydrogen (secondary N) is 2. The van der Waals surface area contributed by atoms with Crippen molar-refractivity contribution >= 4 is 11.9 Å². The number of halogens is 1. The molecule has 0 aliphatic carbocycles. The van der Waals surface area contributed by atoms with Gasteiger partial charge in [-0.3, -0.25) is 15.2 Å². The lowest BCUT2D eigenvalue weighted by Gasteiger charge is -1.99. The lowest BCUT2D eigenvalue weighted by Crippen LogP contribution is -2.13. The molecule has 2 N–H and O–H groups in total. The maximum absolute atomic E-state index is 13.4. The molecule has 0 fully saturated rings. The molecule has 0 radical (unpaired) electrons. The first-order chi connectivity index (χ1) is 15.0. The predicted molar refractivity (Wildman–Crippen MR) is 108 cm³/mol. The van der Waals surface area contributed by atoms with E-state index in [9.17, 15) is 9.18 Å². The lowest BCUT2D eigenvalue weighted by atomic mass is 10.1. The number of rotatable bonds is 6. The van der Waals surface area contributed by atoms with Gasteiger partial charge in [0.25, 0.3) is 0 Å². The average molecular weight is 417 g/mol. The van der Waals surface area contributed by atoms with Crippen molar-refractivity contribution in [3.05, 3.63) is 65.3 Å². The quantitative estimate of drug-likeness (QED) is 0.491. The number of carbonyl (C=O) groups excluding carboxylic acids is 1. The number of nitrogens with zero attached hydrogens (tertiary/aromatic N) is 5. The zero-order chi connectivity index (χ0) is 21.8. The summed E-state index contributed by atoms with van der Waals surface area (Å²) >= 11 is 0. The van der Waals surface area contributed by atoms with Gasteiger partial charge in [0, 0.05) is 24.0 Å². The first-order valence-electron chi connectivity index (χ1n) is 9.34. The van der Waals surface area contributed by atoms with Gasteiger partial charge in [0.05, 0.1) is 11.6 Å². The number of hydrogen-bond acceptors (Lipinski definition) is 7. The fourth-order valence-corrected chi connectivity index (χ4v) is 2.85. The maximum Gasteiger partial charge on any atom is 0.249 e. The second-order valence-corrected chi connectivity index (χ2v) is 6.72. The Balaban J connectivity index is 1.35. The summed E-state index contributed by atoms with van der Waals surface area (Å²) in [7, 11) is 0. The highest BCUT2D eigenvalue weighted by Crippen LogP contribution is 2.20. The lowest BCUT2D eigenvalue weighted by molar-refractivity contribution is -0.116. The SMILES string of the molecule is Cc1cc(-c2noc(CCC(=O)Nc3n[nH]c(-c4cccc(C#N)c4)n3)n2)ccc1F. The van der Waals surface area contributed by atoms with E-state index in [1.807, 2.05) is 0 Å².